The normalized spacial score (nSPS) is 17.1. The van der Waals surface area contributed by atoms with Gasteiger partial charge in [-0.1, -0.05) is 23.9 Å². The Balaban J connectivity index is 2.07. The van der Waals surface area contributed by atoms with Crippen molar-refractivity contribution in [2.75, 3.05) is 11.1 Å². The summed E-state index contributed by atoms with van der Waals surface area (Å²) in [6, 6.07) is 7.67. The van der Waals surface area contributed by atoms with E-state index in [2.05, 4.69) is 41.6 Å². The molecule has 21 heavy (non-hydrogen) atoms. The van der Waals surface area contributed by atoms with Crippen molar-refractivity contribution in [2.24, 2.45) is 10.1 Å². The Morgan fingerprint density at radius 1 is 1.33 bits per heavy atom. The van der Waals surface area contributed by atoms with Gasteiger partial charge in [-0.05, 0) is 38.5 Å². The molecule has 5 nitrogen and oxygen atoms in total. The third kappa shape index (κ3) is 4.90. The molecule has 0 aliphatic carbocycles. The van der Waals surface area contributed by atoms with Crippen LogP contribution in [0.3, 0.4) is 0 Å². The Morgan fingerprint density at radius 3 is 2.48 bits per heavy atom. The molecule has 1 aromatic carbocycles. The molecule has 1 aromatic rings. The molecular formula is C15H20N4OS. The zero-order valence-electron chi connectivity index (χ0n) is 12.7. The molecule has 1 amide bonds. The number of amides is 1. The molecule has 0 atom stereocenters. The Kier molecular flexibility index (Phi) is 4.67. The van der Waals surface area contributed by atoms with Gasteiger partial charge >= 0.3 is 0 Å². The molecule has 0 saturated heterocycles. The molecule has 0 fully saturated rings. The quantitative estimate of drug-likeness (QED) is 0.883. The smallest absolute Gasteiger partial charge is 0.221 e. The molecule has 1 aliphatic rings. The molecular weight excluding hydrogens is 284 g/mol. The molecule has 2 N–H and O–H groups in total. The van der Waals surface area contributed by atoms with Crippen molar-refractivity contribution in [2.45, 2.75) is 33.2 Å². The molecule has 0 saturated carbocycles. The van der Waals surface area contributed by atoms with Gasteiger partial charge in [-0.15, -0.1) is 0 Å². The molecule has 112 valence electrons. The average Bonchev–Trinajstić information content (AvgIpc) is 2.38. The molecule has 1 aliphatic heterocycles. The fourth-order valence-corrected chi connectivity index (χ4v) is 2.73. The summed E-state index contributed by atoms with van der Waals surface area (Å²) in [4.78, 5) is 15.5. The van der Waals surface area contributed by atoms with Crippen molar-refractivity contribution in [3.63, 3.8) is 0 Å². The van der Waals surface area contributed by atoms with E-state index in [1.807, 2.05) is 24.3 Å². The van der Waals surface area contributed by atoms with Crippen molar-refractivity contribution in [1.29, 1.82) is 0 Å². The SMILES string of the molecule is CC(=O)Nc1ccc(C2=NNC(=NC(C)(C)C)SC2)cc1. The maximum absolute atomic E-state index is 11.0. The van der Waals surface area contributed by atoms with Gasteiger partial charge in [0.05, 0.1) is 11.3 Å². The van der Waals surface area contributed by atoms with E-state index < -0.39 is 0 Å². The number of nitrogens with one attached hydrogen (secondary N) is 2. The van der Waals surface area contributed by atoms with Crippen LogP contribution in [0.4, 0.5) is 5.69 Å². The lowest BCUT2D eigenvalue weighted by molar-refractivity contribution is -0.114. The monoisotopic (exact) mass is 304 g/mol. The molecule has 0 spiro atoms. The highest BCUT2D eigenvalue weighted by molar-refractivity contribution is 8.14. The van der Waals surface area contributed by atoms with Crippen molar-refractivity contribution < 1.29 is 4.79 Å². The first-order valence-corrected chi connectivity index (χ1v) is 7.75. The zero-order valence-corrected chi connectivity index (χ0v) is 13.5. The van der Waals surface area contributed by atoms with E-state index in [1.165, 1.54) is 6.92 Å². The van der Waals surface area contributed by atoms with Crippen LogP contribution in [0.25, 0.3) is 0 Å². The molecule has 0 unspecified atom stereocenters. The summed E-state index contributed by atoms with van der Waals surface area (Å²) in [5.74, 6) is 0.708. The number of hydrogen-bond acceptors (Lipinski definition) is 4. The molecule has 0 aromatic heterocycles. The van der Waals surface area contributed by atoms with Gasteiger partial charge in [-0.25, -0.2) is 0 Å². The Bertz CT molecular complexity index is 585. The van der Waals surface area contributed by atoms with Gasteiger partial charge < -0.3 is 5.32 Å². The molecule has 0 radical (unpaired) electrons. The molecule has 1 heterocycles. The summed E-state index contributed by atoms with van der Waals surface area (Å²) < 4.78 is 0. The van der Waals surface area contributed by atoms with Gasteiger partial charge in [-0.2, -0.15) is 5.10 Å². The highest BCUT2D eigenvalue weighted by atomic mass is 32.2. The predicted molar refractivity (Wildman–Crippen MR) is 90.1 cm³/mol. The largest absolute Gasteiger partial charge is 0.326 e. The van der Waals surface area contributed by atoms with E-state index in [4.69, 9.17) is 0 Å². The van der Waals surface area contributed by atoms with Gasteiger partial charge in [0.25, 0.3) is 0 Å². The Labute approximate surface area is 129 Å². The summed E-state index contributed by atoms with van der Waals surface area (Å²) in [5, 5.41) is 7.98. The lowest BCUT2D eigenvalue weighted by atomic mass is 10.1. The fourth-order valence-electron chi connectivity index (χ4n) is 1.78. The first-order chi connectivity index (χ1) is 9.83. The standard InChI is InChI=1S/C15H20N4OS/c1-10(20)16-12-7-5-11(6-8-12)13-9-21-14(19-18-13)17-15(2,3)4/h5-8H,9H2,1-4H3,(H,16,20)(H,17,19). The number of anilines is 1. The maximum atomic E-state index is 11.0. The summed E-state index contributed by atoms with van der Waals surface area (Å²) in [5.41, 5.74) is 5.70. The van der Waals surface area contributed by atoms with Crippen molar-refractivity contribution in [1.82, 2.24) is 5.43 Å². The molecule has 6 heteroatoms. The number of hydrazone groups is 1. The predicted octanol–water partition coefficient (Wildman–Crippen LogP) is 2.84. The van der Waals surface area contributed by atoms with Gasteiger partial charge in [0.2, 0.25) is 5.91 Å². The van der Waals surface area contributed by atoms with Crippen LogP contribution in [-0.4, -0.2) is 28.1 Å². The number of benzene rings is 1. The van der Waals surface area contributed by atoms with Crippen LogP contribution < -0.4 is 10.7 Å². The number of thioether (sulfide) groups is 1. The summed E-state index contributed by atoms with van der Waals surface area (Å²) in [7, 11) is 0. The highest BCUT2D eigenvalue weighted by Crippen LogP contribution is 2.18. The number of carbonyl (C=O) groups excluding carboxylic acids is 1. The number of carbonyl (C=O) groups is 1. The lowest BCUT2D eigenvalue weighted by Gasteiger charge is -2.19. The number of amidine groups is 1. The van der Waals surface area contributed by atoms with E-state index in [-0.39, 0.29) is 11.4 Å². The summed E-state index contributed by atoms with van der Waals surface area (Å²) in [6.07, 6.45) is 0. The van der Waals surface area contributed by atoms with Gasteiger partial charge in [0, 0.05) is 18.4 Å². The second-order valence-electron chi connectivity index (χ2n) is 5.81. The van der Waals surface area contributed by atoms with Gasteiger partial charge in [0.1, 0.15) is 0 Å². The minimum Gasteiger partial charge on any atom is -0.326 e. The van der Waals surface area contributed by atoms with E-state index >= 15 is 0 Å². The summed E-state index contributed by atoms with van der Waals surface area (Å²) >= 11 is 1.65. The second kappa shape index (κ2) is 6.30. The maximum Gasteiger partial charge on any atom is 0.221 e. The van der Waals surface area contributed by atoms with E-state index in [9.17, 15) is 4.79 Å². The lowest BCUT2D eigenvalue weighted by Crippen LogP contribution is -2.28. The van der Waals surface area contributed by atoms with Crippen LogP contribution in [0.5, 0.6) is 0 Å². The summed E-state index contributed by atoms with van der Waals surface area (Å²) in [6.45, 7) is 7.67. The third-order valence-electron chi connectivity index (χ3n) is 2.61. The van der Waals surface area contributed by atoms with Crippen molar-refractivity contribution in [3.05, 3.63) is 29.8 Å². The van der Waals surface area contributed by atoms with E-state index in [0.717, 1.165) is 27.9 Å². The van der Waals surface area contributed by atoms with Crippen LogP contribution in [0, 0.1) is 0 Å². The van der Waals surface area contributed by atoms with Crippen LogP contribution in [0.1, 0.15) is 33.3 Å². The first-order valence-electron chi connectivity index (χ1n) is 6.77. The van der Waals surface area contributed by atoms with Crippen LogP contribution in [-0.2, 0) is 4.79 Å². The third-order valence-corrected chi connectivity index (χ3v) is 3.48. The van der Waals surface area contributed by atoms with E-state index in [0.29, 0.717) is 0 Å². The number of rotatable bonds is 2. The molecule has 0 bridgehead atoms. The van der Waals surface area contributed by atoms with Gasteiger partial charge in [-0.3, -0.25) is 15.2 Å². The van der Waals surface area contributed by atoms with Gasteiger partial charge in [0.15, 0.2) is 5.17 Å². The first kappa shape index (κ1) is 15.6. The number of hydrogen-bond donors (Lipinski definition) is 2. The molecule has 2 rings (SSSR count). The second-order valence-corrected chi connectivity index (χ2v) is 6.77. The van der Waals surface area contributed by atoms with Crippen LogP contribution in [0.2, 0.25) is 0 Å². The van der Waals surface area contributed by atoms with E-state index in [1.54, 1.807) is 11.8 Å². The average molecular weight is 304 g/mol. The Morgan fingerprint density at radius 2 is 2.00 bits per heavy atom. The highest BCUT2D eigenvalue weighted by Gasteiger charge is 2.16. The van der Waals surface area contributed by atoms with Crippen molar-refractivity contribution >= 4 is 34.2 Å². The Hall–Kier alpha value is -1.82. The minimum atomic E-state index is -0.109. The number of aliphatic imine (C=N–C) groups is 1. The van der Waals surface area contributed by atoms with Crippen molar-refractivity contribution in [3.8, 4) is 0 Å². The van der Waals surface area contributed by atoms with Crippen LogP contribution >= 0.6 is 11.8 Å². The topological polar surface area (TPSA) is 65.8 Å². The zero-order chi connectivity index (χ0) is 15.5. The number of nitrogens with zero attached hydrogens (tertiary/aromatic N) is 2. The van der Waals surface area contributed by atoms with Crippen LogP contribution in [0.15, 0.2) is 34.4 Å². The minimum absolute atomic E-state index is 0.0713. The fraction of sp³-hybridized carbons (Fsp3) is 0.400.